The first-order valence-corrected chi connectivity index (χ1v) is 4.78. The topological polar surface area (TPSA) is 23.5 Å². The zero-order chi connectivity index (χ0) is 7.68. The summed E-state index contributed by atoms with van der Waals surface area (Å²) in [6.07, 6.45) is 6.22. The van der Waals surface area contributed by atoms with E-state index in [-0.39, 0.29) is 6.10 Å². The van der Waals surface area contributed by atoms with Crippen LogP contribution in [0, 0.1) is 0 Å². The molecule has 0 amide bonds. The van der Waals surface area contributed by atoms with E-state index < -0.39 is 0 Å². The smallest absolute Gasteiger partial charge is 0.0570 e. The van der Waals surface area contributed by atoms with Crippen molar-refractivity contribution in [2.45, 2.75) is 44.2 Å². The van der Waals surface area contributed by atoms with Gasteiger partial charge < -0.3 is 10.0 Å². The highest BCUT2D eigenvalue weighted by Crippen LogP contribution is 2.27. The normalized spacial score (nSPS) is 40.1. The fraction of sp³-hybridized carbons (Fsp3) is 1.00. The third-order valence-corrected chi connectivity index (χ3v) is 3.00. The van der Waals surface area contributed by atoms with Gasteiger partial charge in [-0.25, -0.2) is 0 Å². The van der Waals surface area contributed by atoms with Crippen molar-refractivity contribution in [1.29, 1.82) is 0 Å². The van der Waals surface area contributed by atoms with E-state index in [1.165, 1.54) is 32.4 Å². The molecule has 11 heavy (non-hydrogen) atoms. The van der Waals surface area contributed by atoms with Gasteiger partial charge in [-0.3, -0.25) is 0 Å². The summed E-state index contributed by atoms with van der Waals surface area (Å²) >= 11 is 0. The second kappa shape index (κ2) is 3.11. The van der Waals surface area contributed by atoms with Gasteiger partial charge in [-0.1, -0.05) is 6.42 Å². The summed E-state index contributed by atoms with van der Waals surface area (Å²) in [5, 5.41) is 9.12. The lowest BCUT2D eigenvalue weighted by Crippen LogP contribution is -2.48. The summed E-state index contributed by atoms with van der Waals surface area (Å²) < 4.78 is 0. The second-order valence-corrected chi connectivity index (χ2v) is 3.88. The van der Waals surface area contributed by atoms with Crippen molar-refractivity contribution < 1.29 is 5.11 Å². The maximum absolute atomic E-state index is 9.12. The lowest BCUT2D eigenvalue weighted by atomic mass is 9.87. The summed E-state index contributed by atoms with van der Waals surface area (Å²) in [5.41, 5.74) is 0. The molecule has 0 aromatic rings. The number of hydrogen-bond acceptors (Lipinski definition) is 2. The van der Waals surface area contributed by atoms with Gasteiger partial charge in [-0.2, -0.15) is 0 Å². The largest absolute Gasteiger partial charge is 0.393 e. The Balaban J connectivity index is 1.76. The average molecular weight is 155 g/mol. The number of rotatable bonds is 1. The van der Waals surface area contributed by atoms with Crippen LogP contribution in [0.2, 0.25) is 0 Å². The Morgan fingerprint density at radius 3 is 2.18 bits per heavy atom. The molecule has 0 unspecified atom stereocenters. The molecule has 1 N–H and O–H groups in total. The van der Waals surface area contributed by atoms with Gasteiger partial charge in [0.05, 0.1) is 6.10 Å². The standard InChI is InChI=1S/C9H17NO/c11-9-6-8(7-9)10-4-2-1-3-5-10/h8-9,11H,1-7H2/t8-,9+. The maximum atomic E-state index is 9.12. The van der Waals surface area contributed by atoms with Gasteiger partial charge in [-0.05, 0) is 38.8 Å². The zero-order valence-electron chi connectivity index (χ0n) is 7.00. The van der Waals surface area contributed by atoms with Crippen LogP contribution in [0.5, 0.6) is 0 Å². The molecule has 2 rings (SSSR count). The Kier molecular flexibility index (Phi) is 2.14. The van der Waals surface area contributed by atoms with Crippen molar-refractivity contribution in [3.8, 4) is 0 Å². The summed E-state index contributed by atoms with van der Waals surface area (Å²) in [4.78, 5) is 2.55. The Morgan fingerprint density at radius 1 is 1.00 bits per heavy atom. The van der Waals surface area contributed by atoms with Gasteiger partial charge in [0.1, 0.15) is 0 Å². The Morgan fingerprint density at radius 2 is 1.64 bits per heavy atom. The van der Waals surface area contributed by atoms with Crippen molar-refractivity contribution in [1.82, 2.24) is 4.90 Å². The molecule has 2 aliphatic rings. The van der Waals surface area contributed by atoms with Crippen LogP contribution in [0.4, 0.5) is 0 Å². The van der Waals surface area contributed by atoms with Gasteiger partial charge in [0.25, 0.3) is 0 Å². The third-order valence-electron chi connectivity index (χ3n) is 3.00. The van der Waals surface area contributed by atoms with Crippen molar-refractivity contribution in [3.05, 3.63) is 0 Å². The molecule has 0 radical (unpaired) electrons. The van der Waals surface area contributed by atoms with Crippen LogP contribution in [0.15, 0.2) is 0 Å². The monoisotopic (exact) mass is 155 g/mol. The molecule has 1 aliphatic carbocycles. The molecular weight excluding hydrogens is 138 g/mol. The molecule has 1 saturated heterocycles. The molecule has 2 fully saturated rings. The van der Waals surface area contributed by atoms with E-state index >= 15 is 0 Å². The first-order chi connectivity index (χ1) is 5.36. The Hall–Kier alpha value is -0.0800. The molecule has 1 aliphatic heterocycles. The van der Waals surface area contributed by atoms with Crippen molar-refractivity contribution in [2.75, 3.05) is 13.1 Å². The number of likely N-dealkylation sites (tertiary alicyclic amines) is 1. The van der Waals surface area contributed by atoms with Gasteiger partial charge in [0, 0.05) is 6.04 Å². The minimum absolute atomic E-state index is 0.0157. The fourth-order valence-electron chi connectivity index (χ4n) is 2.14. The molecular formula is C9H17NO. The maximum Gasteiger partial charge on any atom is 0.0570 e. The van der Waals surface area contributed by atoms with E-state index in [0.29, 0.717) is 0 Å². The highest BCUT2D eigenvalue weighted by atomic mass is 16.3. The van der Waals surface area contributed by atoms with Crippen LogP contribution >= 0.6 is 0 Å². The molecule has 0 bridgehead atoms. The van der Waals surface area contributed by atoms with Crippen LogP contribution in [0.1, 0.15) is 32.1 Å². The Labute approximate surface area is 68.2 Å². The summed E-state index contributed by atoms with van der Waals surface area (Å²) in [7, 11) is 0. The molecule has 2 nitrogen and oxygen atoms in total. The number of aliphatic hydroxyl groups is 1. The molecule has 0 aromatic carbocycles. The second-order valence-electron chi connectivity index (χ2n) is 3.88. The zero-order valence-corrected chi connectivity index (χ0v) is 7.00. The number of hydrogen-bond donors (Lipinski definition) is 1. The first-order valence-electron chi connectivity index (χ1n) is 4.78. The molecule has 1 saturated carbocycles. The minimum atomic E-state index is 0.0157. The molecule has 2 heteroatoms. The predicted molar refractivity (Wildman–Crippen MR) is 44.5 cm³/mol. The Bertz CT molecular complexity index is 126. The SMILES string of the molecule is O[C@H]1C[C@@H](N2CCCCC2)C1. The van der Waals surface area contributed by atoms with Crippen molar-refractivity contribution in [2.24, 2.45) is 0 Å². The quantitative estimate of drug-likeness (QED) is 0.610. The molecule has 0 atom stereocenters. The highest BCUT2D eigenvalue weighted by molar-refractivity contribution is 4.87. The molecule has 0 spiro atoms. The fourth-order valence-corrected chi connectivity index (χ4v) is 2.14. The van der Waals surface area contributed by atoms with Gasteiger partial charge in [0.2, 0.25) is 0 Å². The van der Waals surface area contributed by atoms with E-state index in [2.05, 4.69) is 4.90 Å². The number of nitrogens with zero attached hydrogens (tertiary/aromatic N) is 1. The lowest BCUT2D eigenvalue weighted by molar-refractivity contribution is -0.00545. The van der Waals surface area contributed by atoms with E-state index in [4.69, 9.17) is 5.11 Å². The molecule has 1 heterocycles. The van der Waals surface area contributed by atoms with Crippen LogP contribution in [-0.2, 0) is 0 Å². The summed E-state index contributed by atoms with van der Waals surface area (Å²) in [6.45, 7) is 2.55. The lowest BCUT2D eigenvalue weighted by Gasteiger charge is -2.42. The van der Waals surface area contributed by atoms with Gasteiger partial charge in [-0.15, -0.1) is 0 Å². The van der Waals surface area contributed by atoms with Crippen LogP contribution in [-0.4, -0.2) is 35.2 Å². The van der Waals surface area contributed by atoms with Crippen LogP contribution in [0.3, 0.4) is 0 Å². The average Bonchev–Trinajstić information content (AvgIpc) is 2.01. The van der Waals surface area contributed by atoms with Crippen molar-refractivity contribution in [3.63, 3.8) is 0 Å². The number of piperidine rings is 1. The first kappa shape index (κ1) is 7.56. The van der Waals surface area contributed by atoms with Gasteiger partial charge >= 0.3 is 0 Å². The van der Waals surface area contributed by atoms with E-state index in [0.717, 1.165) is 18.9 Å². The molecule has 0 aromatic heterocycles. The van der Waals surface area contributed by atoms with Crippen LogP contribution < -0.4 is 0 Å². The summed E-state index contributed by atoms with van der Waals surface area (Å²) in [6, 6.07) is 0.727. The van der Waals surface area contributed by atoms with Gasteiger partial charge in [0.15, 0.2) is 0 Å². The third kappa shape index (κ3) is 1.57. The van der Waals surface area contributed by atoms with E-state index in [1.54, 1.807) is 0 Å². The van der Waals surface area contributed by atoms with E-state index in [9.17, 15) is 0 Å². The van der Waals surface area contributed by atoms with Crippen LogP contribution in [0.25, 0.3) is 0 Å². The van der Waals surface area contributed by atoms with Crippen molar-refractivity contribution >= 4 is 0 Å². The minimum Gasteiger partial charge on any atom is -0.393 e. The predicted octanol–water partition coefficient (Wildman–Crippen LogP) is 0.996. The summed E-state index contributed by atoms with van der Waals surface area (Å²) in [5.74, 6) is 0. The number of aliphatic hydroxyl groups excluding tert-OH is 1. The highest BCUT2D eigenvalue weighted by Gasteiger charge is 2.32. The van der Waals surface area contributed by atoms with E-state index in [1.807, 2.05) is 0 Å². The molecule has 64 valence electrons.